The molecule has 0 aromatic heterocycles. The first-order chi connectivity index (χ1) is 36.2. The summed E-state index contributed by atoms with van der Waals surface area (Å²) in [6.45, 7) is 3.00. The third-order valence-corrected chi connectivity index (χ3v) is 16.6. The lowest BCUT2D eigenvalue weighted by atomic mass is 9.85. The molecule has 5 rings (SSSR count). The predicted molar refractivity (Wildman–Crippen MR) is 288 cm³/mol. The van der Waals surface area contributed by atoms with Gasteiger partial charge in [-0.25, -0.2) is 0 Å². The Balaban J connectivity index is 1.51. The van der Waals surface area contributed by atoms with E-state index in [0.29, 0.717) is 24.8 Å². The number of nitrogens with two attached hydrogens (primary N) is 4. The normalized spacial score (nSPS) is 23.4. The lowest BCUT2D eigenvalue weighted by molar-refractivity contribution is -0.142. The second kappa shape index (κ2) is 29.4. The van der Waals surface area contributed by atoms with Gasteiger partial charge in [-0.1, -0.05) is 115 Å². The first-order valence-corrected chi connectivity index (χ1v) is 28.0. The number of aliphatic imine (C=N–C) groups is 1. The van der Waals surface area contributed by atoms with Gasteiger partial charge in [-0.2, -0.15) is 0 Å². The van der Waals surface area contributed by atoms with Gasteiger partial charge in [0.05, 0.1) is 13.0 Å². The summed E-state index contributed by atoms with van der Waals surface area (Å²) < 4.78 is -0.690. The summed E-state index contributed by atoms with van der Waals surface area (Å²) >= 11 is 0. The van der Waals surface area contributed by atoms with Crippen LogP contribution in [0.5, 0.6) is 0 Å². The fourth-order valence-electron chi connectivity index (χ4n) is 9.39. The van der Waals surface area contributed by atoms with Gasteiger partial charge >= 0.3 is 0 Å². The molecule has 3 fully saturated rings. The van der Waals surface area contributed by atoms with Crippen LogP contribution in [0.4, 0.5) is 0 Å². The Hall–Kier alpha value is -6.89. The molecule has 23 nitrogen and oxygen atoms in total. The van der Waals surface area contributed by atoms with Crippen LogP contribution in [0.25, 0.3) is 0 Å². The first-order valence-electron chi connectivity index (χ1n) is 25.6. The molecule has 0 radical (unpaired) electrons. The van der Waals surface area contributed by atoms with E-state index < -0.39 is 125 Å². The Bertz CT molecular complexity index is 2410. The molecule has 1 spiro atoms. The van der Waals surface area contributed by atoms with Crippen LogP contribution in [0, 0.1) is 5.92 Å². The van der Waals surface area contributed by atoms with Crippen LogP contribution >= 0.6 is 21.6 Å². The molecule has 2 aliphatic heterocycles. The minimum Gasteiger partial charge on any atom is -0.370 e. The minimum absolute atomic E-state index is 0.00303. The van der Waals surface area contributed by atoms with Crippen molar-refractivity contribution in [1.82, 2.24) is 42.1 Å². The number of rotatable bonds is 17. The molecule has 25 heteroatoms. The summed E-state index contributed by atoms with van der Waals surface area (Å²) in [5, 5.41) is 19.0. The van der Waals surface area contributed by atoms with Crippen molar-refractivity contribution in [3.8, 4) is 0 Å². The van der Waals surface area contributed by atoms with Crippen LogP contribution < -0.4 is 60.2 Å². The van der Waals surface area contributed by atoms with Gasteiger partial charge in [-0.05, 0) is 55.6 Å². The van der Waals surface area contributed by atoms with Crippen LogP contribution in [-0.2, 0) is 60.8 Å². The number of nitrogens with zero attached hydrogens (tertiary/aromatic N) is 2. The highest BCUT2D eigenvalue weighted by molar-refractivity contribution is 8.77. The topological polar surface area (TPSA) is 375 Å². The van der Waals surface area contributed by atoms with E-state index in [0.717, 1.165) is 24.8 Å². The minimum atomic E-state index is -1.65. The fraction of sp³-hybridized carbons (Fsp3) is 0.549. The summed E-state index contributed by atoms with van der Waals surface area (Å²) in [6.07, 6.45) is 3.93. The van der Waals surface area contributed by atoms with Crippen LogP contribution in [0.3, 0.4) is 0 Å². The van der Waals surface area contributed by atoms with Gasteiger partial charge in [0, 0.05) is 42.9 Å². The van der Waals surface area contributed by atoms with E-state index in [1.165, 1.54) is 26.5 Å². The van der Waals surface area contributed by atoms with Crippen molar-refractivity contribution < 1.29 is 47.9 Å². The van der Waals surface area contributed by atoms with Crippen molar-refractivity contribution in [2.75, 3.05) is 25.4 Å². The van der Waals surface area contributed by atoms with Crippen LogP contribution in [0.2, 0.25) is 0 Å². The van der Waals surface area contributed by atoms with Gasteiger partial charge in [-0.15, -0.1) is 0 Å². The maximum absolute atomic E-state index is 14.9. The highest BCUT2D eigenvalue weighted by Crippen LogP contribution is 2.48. The van der Waals surface area contributed by atoms with Crippen LogP contribution in [-0.4, -0.2) is 142 Å². The second-order valence-corrected chi connectivity index (χ2v) is 22.6. The van der Waals surface area contributed by atoms with Crippen molar-refractivity contribution in [3.05, 3.63) is 71.8 Å². The molecule has 0 bridgehead atoms. The second-order valence-electron chi connectivity index (χ2n) is 19.8. The average molecular weight is 1090 g/mol. The number of amides is 10. The molecule has 15 N–H and O–H groups in total. The Morgan fingerprint density at radius 3 is 1.92 bits per heavy atom. The number of carbonyl (C=O) groups excluding carboxylic acids is 10. The average Bonchev–Trinajstić information content (AvgIpc) is 3.87. The largest absolute Gasteiger partial charge is 0.370 e. The molecule has 2 saturated heterocycles. The molecule has 2 aromatic carbocycles. The number of nitrogens with one attached hydrogen (secondary N) is 7. The number of benzene rings is 2. The van der Waals surface area contributed by atoms with E-state index in [1.807, 2.05) is 30.3 Å². The Kier molecular flexibility index (Phi) is 23.2. The molecule has 1 aliphatic carbocycles. The zero-order valence-electron chi connectivity index (χ0n) is 43.0. The van der Waals surface area contributed by atoms with E-state index in [2.05, 4.69) is 42.2 Å². The van der Waals surface area contributed by atoms with E-state index in [4.69, 9.17) is 22.9 Å². The summed E-state index contributed by atoms with van der Waals surface area (Å²) in [7, 11) is 2.60. The lowest BCUT2D eigenvalue weighted by Crippen LogP contribution is -2.61. The molecule has 0 unspecified atom stereocenters. The third-order valence-electron chi connectivity index (χ3n) is 13.3. The van der Waals surface area contributed by atoms with Crippen molar-refractivity contribution in [2.45, 2.75) is 144 Å². The fourth-order valence-corrected chi connectivity index (χ4v) is 12.8. The van der Waals surface area contributed by atoms with Crippen molar-refractivity contribution in [3.63, 3.8) is 0 Å². The standard InChI is InChI=1S/C51H73N13O10S2/c1-30(2)42-48(73)61-36(26-39(52)65)45(70)62-37(49(74)64-23-13-19-38(64)47(72)59-33(18-12-22-56-50(54)55)43(68)57-28-40(53)66)29-75-76-51(20-10-5-11-21-51)27-41(67)58-34(24-31-14-6-3-7-15-31)44(69)60-35(46(71)63-42)25-32-16-8-4-9-17-32/h3-4,6-9,14-17,30,33-38,42H,5,10-13,18-29H2,1-2H3,(H2,52,65)(H2,53,66)(H,57,68)(H,58,67)(H,59,72)(H,60,69)(H,61,73)(H,62,70)(H,63,71)(H4,54,55,56)/t33-,34+,35-,36-,37+,38+,42-/m0/s1. The van der Waals surface area contributed by atoms with Gasteiger partial charge in [0.25, 0.3) is 0 Å². The van der Waals surface area contributed by atoms with E-state index >= 15 is 0 Å². The number of hydrogen-bond donors (Lipinski definition) is 11. The zero-order valence-corrected chi connectivity index (χ0v) is 44.6. The molecule has 10 amide bonds. The monoisotopic (exact) mass is 1090 g/mol. The van der Waals surface area contributed by atoms with E-state index in [1.54, 1.807) is 44.2 Å². The Morgan fingerprint density at radius 1 is 0.737 bits per heavy atom. The molecule has 3 aliphatic rings. The highest BCUT2D eigenvalue weighted by Gasteiger charge is 2.42. The van der Waals surface area contributed by atoms with Crippen LogP contribution in [0.15, 0.2) is 65.7 Å². The van der Waals surface area contributed by atoms with Gasteiger partial charge in [-0.3, -0.25) is 52.9 Å². The molecular weight excluding hydrogens is 1020 g/mol. The predicted octanol–water partition coefficient (Wildman–Crippen LogP) is -0.954. The summed E-state index contributed by atoms with van der Waals surface area (Å²) in [4.78, 5) is 144. The number of likely N-dealkylation sites (tertiary alicyclic amines) is 1. The molecule has 1 saturated carbocycles. The summed E-state index contributed by atoms with van der Waals surface area (Å²) in [5.41, 5.74) is 23.2. The third kappa shape index (κ3) is 18.7. The van der Waals surface area contributed by atoms with Crippen molar-refractivity contribution in [2.24, 2.45) is 33.8 Å². The maximum Gasteiger partial charge on any atom is 0.246 e. The first kappa shape index (κ1) is 60.0. The Labute approximate surface area is 450 Å². The summed E-state index contributed by atoms with van der Waals surface area (Å²) in [6, 6.07) is 8.97. The Morgan fingerprint density at radius 2 is 1.33 bits per heavy atom. The molecule has 2 heterocycles. The molecule has 414 valence electrons. The van der Waals surface area contributed by atoms with Gasteiger partial charge in [0.2, 0.25) is 59.1 Å². The van der Waals surface area contributed by atoms with E-state index in [-0.39, 0.29) is 63.3 Å². The molecule has 76 heavy (non-hydrogen) atoms. The number of primary amides is 2. The maximum atomic E-state index is 14.9. The zero-order chi connectivity index (χ0) is 55.4. The summed E-state index contributed by atoms with van der Waals surface area (Å²) in [5.74, 6) is -8.39. The SMILES string of the molecule is CC(C)[C@@H]1NC(=O)[C@H](Cc2ccccc2)NC(=O)[C@@H](Cc2ccccc2)NC(=O)CC2(CCCCC2)SSC[C@H](C(=O)N2CCC[C@@H]2C(=O)N[C@@H](CCCN=C(N)N)C(=O)NCC(N)=O)NC(=O)[C@H](CC(N)=O)NC1=O. The number of guanidine groups is 1. The molecular formula is C51H73N13O10S2. The van der Waals surface area contributed by atoms with Crippen molar-refractivity contribution >= 4 is 86.6 Å². The molecule has 2 aromatic rings. The smallest absolute Gasteiger partial charge is 0.246 e. The van der Waals surface area contributed by atoms with Crippen molar-refractivity contribution in [1.29, 1.82) is 0 Å². The highest BCUT2D eigenvalue weighted by atomic mass is 33.1. The lowest BCUT2D eigenvalue weighted by Gasteiger charge is -2.37. The quantitative estimate of drug-likeness (QED) is 0.0394. The van der Waals surface area contributed by atoms with Crippen LogP contribution in [0.1, 0.15) is 95.6 Å². The van der Waals surface area contributed by atoms with Gasteiger partial charge < -0.3 is 65.1 Å². The molecule has 7 atom stereocenters. The van der Waals surface area contributed by atoms with Gasteiger partial charge in [0.1, 0.15) is 42.3 Å². The number of carbonyl (C=O) groups is 10. The van der Waals surface area contributed by atoms with Gasteiger partial charge in [0.15, 0.2) is 5.96 Å². The number of hydrogen-bond acceptors (Lipinski definition) is 13. The van der Waals surface area contributed by atoms with E-state index in [9.17, 15) is 47.9 Å².